The van der Waals surface area contributed by atoms with Gasteiger partial charge in [-0.15, -0.1) is 0 Å². The van der Waals surface area contributed by atoms with E-state index in [1.165, 1.54) is 18.2 Å². The van der Waals surface area contributed by atoms with Crippen LogP contribution in [0.1, 0.15) is 31.7 Å². The molecule has 104 valence electrons. The van der Waals surface area contributed by atoms with Crippen LogP contribution in [0.2, 0.25) is 0 Å². The maximum Gasteiger partial charge on any atom is 0.143 e. The highest BCUT2D eigenvalue weighted by Crippen LogP contribution is 2.35. The number of ketones is 1. The highest BCUT2D eigenvalue weighted by molar-refractivity contribution is 5.87. The number of carbonyl (C=O) groups is 1. The SMILES string of the molecule is CCC1(C(=O)Cc2c(F)cccc2F)CCNCC1. The lowest BCUT2D eigenvalue weighted by atomic mass is 9.71. The second-order valence-electron chi connectivity index (χ2n) is 5.18. The van der Waals surface area contributed by atoms with Crippen molar-refractivity contribution in [3.8, 4) is 0 Å². The number of hydrogen-bond acceptors (Lipinski definition) is 2. The second-order valence-corrected chi connectivity index (χ2v) is 5.18. The van der Waals surface area contributed by atoms with Crippen LogP contribution in [0.4, 0.5) is 8.78 Å². The quantitative estimate of drug-likeness (QED) is 0.909. The maximum atomic E-state index is 13.6. The number of carbonyl (C=O) groups excluding carboxylic acids is 1. The van der Waals surface area contributed by atoms with Gasteiger partial charge in [-0.2, -0.15) is 0 Å². The summed E-state index contributed by atoms with van der Waals surface area (Å²) in [6.07, 6.45) is 2.08. The molecule has 19 heavy (non-hydrogen) atoms. The van der Waals surface area contributed by atoms with Crippen LogP contribution in [0, 0.1) is 17.0 Å². The molecule has 2 nitrogen and oxygen atoms in total. The molecule has 1 aromatic carbocycles. The summed E-state index contributed by atoms with van der Waals surface area (Å²) in [4.78, 5) is 12.5. The predicted octanol–water partition coefficient (Wildman–Crippen LogP) is 2.86. The first-order valence-electron chi connectivity index (χ1n) is 6.76. The molecule has 1 aliphatic heterocycles. The van der Waals surface area contributed by atoms with Gasteiger partial charge in [-0.3, -0.25) is 4.79 Å². The summed E-state index contributed by atoms with van der Waals surface area (Å²) >= 11 is 0. The molecule has 0 spiro atoms. The maximum absolute atomic E-state index is 13.6. The Bertz CT molecular complexity index is 447. The summed E-state index contributed by atoms with van der Waals surface area (Å²) in [5, 5.41) is 3.21. The zero-order valence-corrected chi connectivity index (χ0v) is 11.1. The molecular weight excluding hydrogens is 248 g/mol. The van der Waals surface area contributed by atoms with Crippen molar-refractivity contribution in [3.05, 3.63) is 35.4 Å². The van der Waals surface area contributed by atoms with Crippen molar-refractivity contribution >= 4 is 5.78 Å². The molecule has 1 heterocycles. The lowest BCUT2D eigenvalue weighted by Crippen LogP contribution is -2.42. The molecule has 4 heteroatoms. The number of halogens is 2. The van der Waals surface area contributed by atoms with Gasteiger partial charge in [0.2, 0.25) is 0 Å². The molecule has 0 bridgehead atoms. The number of Topliss-reactive ketones (excluding diaryl/α,β-unsaturated/α-hetero) is 1. The first kappa shape index (κ1) is 14.1. The molecule has 0 unspecified atom stereocenters. The zero-order chi connectivity index (χ0) is 13.9. The van der Waals surface area contributed by atoms with Crippen molar-refractivity contribution < 1.29 is 13.6 Å². The van der Waals surface area contributed by atoms with E-state index in [1.54, 1.807) is 0 Å². The van der Waals surface area contributed by atoms with Gasteiger partial charge in [0.25, 0.3) is 0 Å². The van der Waals surface area contributed by atoms with Crippen LogP contribution in [0.5, 0.6) is 0 Å². The normalized spacial score (nSPS) is 18.3. The minimum Gasteiger partial charge on any atom is -0.317 e. The van der Waals surface area contributed by atoms with Gasteiger partial charge in [-0.25, -0.2) is 8.78 Å². The molecule has 0 saturated carbocycles. The molecule has 0 aromatic heterocycles. The molecule has 0 radical (unpaired) electrons. The van der Waals surface area contributed by atoms with Gasteiger partial charge in [0.05, 0.1) is 0 Å². The van der Waals surface area contributed by atoms with Crippen LogP contribution in [0.25, 0.3) is 0 Å². The van der Waals surface area contributed by atoms with E-state index < -0.39 is 17.0 Å². The fourth-order valence-electron chi connectivity index (χ4n) is 2.78. The third-order valence-corrected chi connectivity index (χ3v) is 4.23. The molecule has 0 aliphatic carbocycles. The molecular formula is C15H19F2NO. The summed E-state index contributed by atoms with van der Waals surface area (Å²) in [6.45, 7) is 3.56. The Hall–Kier alpha value is -1.29. The van der Waals surface area contributed by atoms with Crippen molar-refractivity contribution in [2.45, 2.75) is 32.6 Å². The third kappa shape index (κ3) is 2.84. The molecule has 1 aliphatic rings. The summed E-state index contributed by atoms with van der Waals surface area (Å²) in [5.74, 6) is -1.30. The molecule has 0 atom stereocenters. The molecule has 1 aromatic rings. The summed E-state index contributed by atoms with van der Waals surface area (Å²) in [6, 6.07) is 3.72. The van der Waals surface area contributed by atoms with Gasteiger partial charge in [0.15, 0.2) is 0 Å². The van der Waals surface area contributed by atoms with Gasteiger partial charge in [0.1, 0.15) is 17.4 Å². The fraction of sp³-hybridized carbons (Fsp3) is 0.533. The van der Waals surface area contributed by atoms with E-state index in [4.69, 9.17) is 0 Å². The van der Waals surface area contributed by atoms with E-state index >= 15 is 0 Å². The van der Waals surface area contributed by atoms with Crippen molar-refractivity contribution in [1.29, 1.82) is 0 Å². The first-order valence-corrected chi connectivity index (χ1v) is 6.76. The van der Waals surface area contributed by atoms with Gasteiger partial charge >= 0.3 is 0 Å². The van der Waals surface area contributed by atoms with Gasteiger partial charge in [-0.1, -0.05) is 13.0 Å². The lowest BCUT2D eigenvalue weighted by Gasteiger charge is -2.35. The number of hydrogen-bond donors (Lipinski definition) is 1. The minimum atomic E-state index is -0.631. The Kier molecular flexibility index (Phi) is 4.30. The summed E-state index contributed by atoms with van der Waals surface area (Å²) in [5.41, 5.74) is -0.515. The molecule has 1 saturated heterocycles. The number of nitrogens with one attached hydrogen (secondary N) is 1. The lowest BCUT2D eigenvalue weighted by molar-refractivity contribution is -0.129. The smallest absolute Gasteiger partial charge is 0.143 e. The second kappa shape index (κ2) is 5.78. The largest absolute Gasteiger partial charge is 0.317 e. The Labute approximate surface area is 112 Å². The van der Waals surface area contributed by atoms with Crippen LogP contribution in [0.3, 0.4) is 0 Å². The van der Waals surface area contributed by atoms with E-state index in [1.807, 2.05) is 6.92 Å². The van der Waals surface area contributed by atoms with Crippen molar-refractivity contribution in [2.24, 2.45) is 5.41 Å². The van der Waals surface area contributed by atoms with Crippen LogP contribution < -0.4 is 5.32 Å². The van der Waals surface area contributed by atoms with Crippen LogP contribution in [-0.4, -0.2) is 18.9 Å². The zero-order valence-electron chi connectivity index (χ0n) is 11.1. The van der Waals surface area contributed by atoms with Gasteiger partial charge in [0, 0.05) is 17.4 Å². The molecule has 2 rings (SSSR count). The number of piperidine rings is 1. The average Bonchev–Trinajstić information content (AvgIpc) is 2.43. The monoisotopic (exact) mass is 267 g/mol. The summed E-state index contributed by atoms with van der Waals surface area (Å²) < 4.78 is 27.2. The van der Waals surface area contributed by atoms with Crippen molar-refractivity contribution in [1.82, 2.24) is 5.32 Å². The Morgan fingerprint density at radius 3 is 2.37 bits per heavy atom. The highest BCUT2D eigenvalue weighted by Gasteiger charge is 2.37. The van der Waals surface area contributed by atoms with E-state index in [0.29, 0.717) is 0 Å². The van der Waals surface area contributed by atoms with Crippen LogP contribution >= 0.6 is 0 Å². The van der Waals surface area contributed by atoms with Crippen LogP contribution in [0.15, 0.2) is 18.2 Å². The number of benzene rings is 1. The van der Waals surface area contributed by atoms with Gasteiger partial charge < -0.3 is 5.32 Å². The Morgan fingerprint density at radius 2 is 1.84 bits per heavy atom. The fourth-order valence-corrected chi connectivity index (χ4v) is 2.78. The Balaban J connectivity index is 2.20. The predicted molar refractivity (Wildman–Crippen MR) is 69.9 cm³/mol. The standard InChI is InChI=1S/C15H19F2NO/c1-2-15(6-8-18-9-7-15)14(19)10-11-12(16)4-3-5-13(11)17/h3-5,18H,2,6-10H2,1H3. The topological polar surface area (TPSA) is 29.1 Å². The van der Waals surface area contributed by atoms with E-state index in [0.717, 1.165) is 32.4 Å². The average molecular weight is 267 g/mol. The summed E-state index contributed by atoms with van der Waals surface area (Å²) in [7, 11) is 0. The van der Waals surface area contributed by atoms with Crippen molar-refractivity contribution in [2.75, 3.05) is 13.1 Å². The van der Waals surface area contributed by atoms with E-state index in [9.17, 15) is 13.6 Å². The van der Waals surface area contributed by atoms with Crippen LogP contribution in [-0.2, 0) is 11.2 Å². The number of rotatable bonds is 4. The molecule has 1 fully saturated rings. The molecule has 0 amide bonds. The minimum absolute atomic E-state index is 0.0412. The third-order valence-electron chi connectivity index (χ3n) is 4.23. The first-order chi connectivity index (χ1) is 9.09. The Morgan fingerprint density at radius 1 is 1.26 bits per heavy atom. The van der Waals surface area contributed by atoms with E-state index in [2.05, 4.69) is 5.32 Å². The van der Waals surface area contributed by atoms with Gasteiger partial charge in [-0.05, 0) is 44.5 Å². The highest BCUT2D eigenvalue weighted by atomic mass is 19.1. The van der Waals surface area contributed by atoms with Crippen molar-refractivity contribution in [3.63, 3.8) is 0 Å². The molecule has 1 N–H and O–H groups in total. The van der Waals surface area contributed by atoms with E-state index in [-0.39, 0.29) is 17.8 Å².